The van der Waals surface area contributed by atoms with Gasteiger partial charge in [-0.2, -0.15) is 0 Å². The maximum absolute atomic E-state index is 5.18. The lowest BCUT2D eigenvalue weighted by atomic mass is 10.1. The molecule has 1 aromatic carbocycles. The topological polar surface area (TPSA) is 60.1 Å². The van der Waals surface area contributed by atoms with Crippen molar-refractivity contribution in [3.63, 3.8) is 0 Å². The highest BCUT2D eigenvalue weighted by Crippen LogP contribution is 2.18. The van der Waals surface area contributed by atoms with E-state index in [1.54, 1.807) is 0 Å². The van der Waals surface area contributed by atoms with Crippen molar-refractivity contribution in [3.8, 4) is 0 Å². The van der Waals surface area contributed by atoms with Crippen LogP contribution < -0.4 is 10.2 Å². The standard InChI is InChI=1S/C22H34N6O/c1-6-23-22(24-15-19-7-8-21(26(4)5)13-17(19)2)28-11-9-27(10-12-28)16-20-14-18(3)29-25-20/h7-8,13-14H,6,9-12,15-16H2,1-5H3,(H,23,24). The fourth-order valence-electron chi connectivity index (χ4n) is 3.56. The molecular weight excluding hydrogens is 364 g/mol. The average Bonchev–Trinajstić information content (AvgIpc) is 3.11. The van der Waals surface area contributed by atoms with Crippen LogP contribution in [0.1, 0.15) is 29.5 Å². The number of nitrogens with zero attached hydrogens (tertiary/aromatic N) is 5. The monoisotopic (exact) mass is 398 g/mol. The number of piperazine rings is 1. The molecule has 2 aromatic rings. The molecule has 1 aromatic heterocycles. The van der Waals surface area contributed by atoms with E-state index in [1.165, 1.54) is 16.8 Å². The maximum atomic E-state index is 5.18. The van der Waals surface area contributed by atoms with Crippen molar-refractivity contribution in [3.05, 3.63) is 46.8 Å². The largest absolute Gasteiger partial charge is 0.378 e. The fourth-order valence-corrected chi connectivity index (χ4v) is 3.56. The second kappa shape index (κ2) is 9.78. The second-order valence-corrected chi connectivity index (χ2v) is 7.87. The molecule has 1 N–H and O–H groups in total. The van der Waals surface area contributed by atoms with Gasteiger partial charge in [-0.05, 0) is 44.0 Å². The van der Waals surface area contributed by atoms with Crippen LogP contribution in [-0.4, -0.2) is 67.7 Å². The number of anilines is 1. The Morgan fingerprint density at radius 3 is 2.52 bits per heavy atom. The van der Waals surface area contributed by atoms with Gasteiger partial charge in [0.25, 0.3) is 0 Å². The Hall–Kier alpha value is -2.54. The van der Waals surface area contributed by atoms with Crippen molar-refractivity contribution in [2.24, 2.45) is 4.99 Å². The van der Waals surface area contributed by atoms with Crippen LogP contribution in [0, 0.1) is 13.8 Å². The first kappa shape index (κ1) is 21.2. The first-order valence-electron chi connectivity index (χ1n) is 10.4. The number of rotatable bonds is 6. The molecule has 0 atom stereocenters. The predicted molar refractivity (Wildman–Crippen MR) is 118 cm³/mol. The molecule has 0 saturated carbocycles. The SMILES string of the molecule is CCNC(=NCc1ccc(N(C)C)cc1C)N1CCN(Cc2cc(C)on2)CC1. The highest BCUT2D eigenvalue weighted by Gasteiger charge is 2.20. The van der Waals surface area contributed by atoms with E-state index in [2.05, 4.69) is 71.3 Å². The Morgan fingerprint density at radius 1 is 1.17 bits per heavy atom. The summed E-state index contributed by atoms with van der Waals surface area (Å²) in [5.41, 5.74) is 4.78. The number of hydrogen-bond donors (Lipinski definition) is 1. The Morgan fingerprint density at radius 2 is 1.93 bits per heavy atom. The van der Waals surface area contributed by atoms with Crippen LogP contribution in [0.2, 0.25) is 0 Å². The molecule has 29 heavy (non-hydrogen) atoms. The van der Waals surface area contributed by atoms with Gasteiger partial charge in [-0.3, -0.25) is 4.90 Å². The quantitative estimate of drug-likeness (QED) is 0.596. The van der Waals surface area contributed by atoms with Gasteiger partial charge in [0.2, 0.25) is 0 Å². The van der Waals surface area contributed by atoms with Crippen LogP contribution in [0.25, 0.3) is 0 Å². The second-order valence-electron chi connectivity index (χ2n) is 7.87. The summed E-state index contributed by atoms with van der Waals surface area (Å²) in [5, 5.41) is 7.57. The summed E-state index contributed by atoms with van der Waals surface area (Å²) >= 11 is 0. The summed E-state index contributed by atoms with van der Waals surface area (Å²) in [5.74, 6) is 1.87. The van der Waals surface area contributed by atoms with Crippen LogP contribution in [0.15, 0.2) is 33.8 Å². The van der Waals surface area contributed by atoms with E-state index >= 15 is 0 Å². The molecule has 1 aliphatic rings. The zero-order valence-electron chi connectivity index (χ0n) is 18.4. The lowest BCUT2D eigenvalue weighted by Crippen LogP contribution is -2.52. The van der Waals surface area contributed by atoms with E-state index in [0.29, 0.717) is 6.54 Å². The van der Waals surface area contributed by atoms with Crippen LogP contribution >= 0.6 is 0 Å². The number of guanidine groups is 1. The first-order valence-corrected chi connectivity index (χ1v) is 10.4. The third kappa shape index (κ3) is 5.73. The van der Waals surface area contributed by atoms with Crippen molar-refractivity contribution in [1.29, 1.82) is 0 Å². The third-order valence-corrected chi connectivity index (χ3v) is 5.31. The summed E-state index contributed by atoms with van der Waals surface area (Å²) in [6.07, 6.45) is 0. The molecule has 2 heterocycles. The highest BCUT2D eigenvalue weighted by molar-refractivity contribution is 5.80. The minimum Gasteiger partial charge on any atom is -0.378 e. The maximum Gasteiger partial charge on any atom is 0.194 e. The highest BCUT2D eigenvalue weighted by atomic mass is 16.5. The van der Waals surface area contributed by atoms with E-state index < -0.39 is 0 Å². The normalized spacial score (nSPS) is 15.6. The van der Waals surface area contributed by atoms with Gasteiger partial charge >= 0.3 is 0 Å². The molecule has 7 nitrogen and oxygen atoms in total. The minimum atomic E-state index is 0.695. The van der Waals surface area contributed by atoms with Crippen LogP contribution in [0.3, 0.4) is 0 Å². The summed E-state index contributed by atoms with van der Waals surface area (Å²) in [6, 6.07) is 8.59. The van der Waals surface area contributed by atoms with Crippen molar-refractivity contribution in [2.45, 2.75) is 33.9 Å². The lowest BCUT2D eigenvalue weighted by molar-refractivity contribution is 0.169. The third-order valence-electron chi connectivity index (χ3n) is 5.31. The summed E-state index contributed by atoms with van der Waals surface area (Å²) in [4.78, 5) is 11.8. The number of aliphatic imine (C=N–C) groups is 1. The fraction of sp³-hybridized carbons (Fsp3) is 0.545. The molecule has 1 saturated heterocycles. The molecule has 3 rings (SSSR count). The van der Waals surface area contributed by atoms with Gasteiger partial charge in [0.1, 0.15) is 5.76 Å². The predicted octanol–water partition coefficient (Wildman–Crippen LogP) is 2.64. The zero-order chi connectivity index (χ0) is 20.8. The Bertz CT molecular complexity index is 820. The Kier molecular flexibility index (Phi) is 7.14. The molecule has 158 valence electrons. The van der Waals surface area contributed by atoms with E-state index in [9.17, 15) is 0 Å². The van der Waals surface area contributed by atoms with Crippen LogP contribution in [-0.2, 0) is 13.1 Å². The molecule has 0 unspecified atom stereocenters. The van der Waals surface area contributed by atoms with E-state index in [4.69, 9.17) is 9.52 Å². The molecule has 0 bridgehead atoms. The summed E-state index contributed by atoms with van der Waals surface area (Å²) in [6.45, 7) is 12.5. The van der Waals surface area contributed by atoms with E-state index in [1.807, 2.05) is 13.0 Å². The van der Waals surface area contributed by atoms with Gasteiger partial charge in [0, 0.05) is 65.1 Å². The molecular formula is C22H34N6O. The molecule has 7 heteroatoms. The number of aromatic nitrogens is 1. The molecule has 0 amide bonds. The molecule has 0 spiro atoms. The van der Waals surface area contributed by atoms with Crippen molar-refractivity contribution in [2.75, 3.05) is 51.7 Å². The summed E-state index contributed by atoms with van der Waals surface area (Å²) < 4.78 is 5.18. The van der Waals surface area contributed by atoms with Crippen molar-refractivity contribution in [1.82, 2.24) is 20.3 Å². The Balaban J connectivity index is 1.59. The van der Waals surface area contributed by atoms with Gasteiger partial charge in [0.05, 0.1) is 12.2 Å². The molecule has 0 radical (unpaired) electrons. The minimum absolute atomic E-state index is 0.695. The van der Waals surface area contributed by atoms with Crippen LogP contribution in [0.5, 0.6) is 0 Å². The van der Waals surface area contributed by atoms with E-state index in [-0.39, 0.29) is 0 Å². The number of hydrogen-bond acceptors (Lipinski definition) is 5. The van der Waals surface area contributed by atoms with E-state index in [0.717, 1.165) is 56.7 Å². The van der Waals surface area contributed by atoms with Crippen LogP contribution in [0.4, 0.5) is 5.69 Å². The zero-order valence-corrected chi connectivity index (χ0v) is 18.4. The molecule has 1 aliphatic heterocycles. The smallest absolute Gasteiger partial charge is 0.194 e. The first-order chi connectivity index (χ1) is 14.0. The molecule has 1 fully saturated rings. The van der Waals surface area contributed by atoms with Gasteiger partial charge in [-0.15, -0.1) is 0 Å². The van der Waals surface area contributed by atoms with Gasteiger partial charge in [0.15, 0.2) is 5.96 Å². The lowest BCUT2D eigenvalue weighted by Gasteiger charge is -2.36. The molecule has 0 aliphatic carbocycles. The number of aryl methyl sites for hydroxylation is 2. The Labute approximate surface area is 174 Å². The number of nitrogens with one attached hydrogen (secondary N) is 1. The average molecular weight is 399 g/mol. The summed E-state index contributed by atoms with van der Waals surface area (Å²) in [7, 11) is 4.14. The number of benzene rings is 1. The van der Waals surface area contributed by atoms with Gasteiger partial charge in [-0.25, -0.2) is 4.99 Å². The van der Waals surface area contributed by atoms with Crippen molar-refractivity contribution < 1.29 is 4.52 Å². The van der Waals surface area contributed by atoms with Crippen molar-refractivity contribution >= 4 is 11.6 Å². The van der Waals surface area contributed by atoms with Gasteiger partial charge in [-0.1, -0.05) is 11.2 Å². The van der Waals surface area contributed by atoms with Gasteiger partial charge < -0.3 is 19.6 Å².